The molecule has 0 saturated carbocycles. The molecule has 0 spiro atoms. The van der Waals surface area contributed by atoms with Gasteiger partial charge in [-0.15, -0.1) is 0 Å². The minimum Gasteiger partial charge on any atom is -0.206 e. The van der Waals surface area contributed by atoms with Crippen LogP contribution in [0, 0.1) is 18.6 Å². The van der Waals surface area contributed by atoms with E-state index in [-0.39, 0.29) is 11.6 Å². The summed E-state index contributed by atoms with van der Waals surface area (Å²) in [4.78, 5) is 0. The highest BCUT2D eigenvalue weighted by atomic mass is 19.1. The third kappa shape index (κ3) is 1.41. The Balaban J connectivity index is 2.68. The average Bonchev–Trinajstić information content (AvgIpc) is 2.33. The van der Waals surface area contributed by atoms with E-state index in [1.54, 1.807) is 18.2 Å². The lowest BCUT2D eigenvalue weighted by Gasteiger charge is -2.08. The summed E-state index contributed by atoms with van der Waals surface area (Å²) in [5.41, 5.74) is 0.951. The summed E-state index contributed by atoms with van der Waals surface area (Å²) in [6, 6.07) is 11.6. The minimum atomic E-state index is -0.377. The van der Waals surface area contributed by atoms with Crippen LogP contribution in [0.3, 0.4) is 0 Å². The van der Waals surface area contributed by atoms with Crippen LogP contribution in [-0.2, 0) is 0 Å². The van der Waals surface area contributed by atoms with E-state index in [4.69, 9.17) is 0 Å². The fourth-order valence-corrected chi connectivity index (χ4v) is 2.28. The molecule has 0 bridgehead atoms. The summed E-state index contributed by atoms with van der Waals surface area (Å²) in [5.74, 6) is -0.751. The second-order valence-corrected chi connectivity index (χ2v) is 4.19. The smallest absolute Gasteiger partial charge is 0.131 e. The van der Waals surface area contributed by atoms with Gasteiger partial charge in [0.2, 0.25) is 0 Å². The SMILES string of the molecule is Cc1ccc(F)c2c1ccc1cccc(F)c12. The Morgan fingerprint density at radius 2 is 1.53 bits per heavy atom. The Labute approximate surface area is 97.5 Å². The van der Waals surface area contributed by atoms with E-state index < -0.39 is 0 Å². The second kappa shape index (κ2) is 3.52. The Morgan fingerprint density at radius 3 is 2.35 bits per heavy atom. The summed E-state index contributed by atoms with van der Waals surface area (Å²) < 4.78 is 27.8. The first-order chi connectivity index (χ1) is 8.18. The van der Waals surface area contributed by atoms with Gasteiger partial charge in [-0.25, -0.2) is 8.78 Å². The fraction of sp³-hybridized carbons (Fsp3) is 0.0667. The molecule has 0 unspecified atom stereocenters. The van der Waals surface area contributed by atoms with Gasteiger partial charge in [-0.2, -0.15) is 0 Å². The third-order valence-corrected chi connectivity index (χ3v) is 3.14. The maximum Gasteiger partial charge on any atom is 0.131 e. The normalized spacial score (nSPS) is 11.2. The topological polar surface area (TPSA) is 0 Å². The quantitative estimate of drug-likeness (QED) is 0.494. The van der Waals surface area contributed by atoms with Gasteiger partial charge in [0, 0.05) is 10.8 Å². The minimum absolute atomic E-state index is 0.367. The van der Waals surface area contributed by atoms with Gasteiger partial charge in [-0.3, -0.25) is 0 Å². The Kier molecular flexibility index (Phi) is 2.11. The fourth-order valence-electron chi connectivity index (χ4n) is 2.28. The molecule has 84 valence electrons. The summed E-state index contributed by atoms with van der Waals surface area (Å²) >= 11 is 0. The number of rotatable bonds is 0. The molecule has 0 aliphatic rings. The van der Waals surface area contributed by atoms with Crippen molar-refractivity contribution in [1.82, 2.24) is 0 Å². The van der Waals surface area contributed by atoms with E-state index in [0.29, 0.717) is 10.8 Å². The maximum atomic E-state index is 13.9. The maximum absolute atomic E-state index is 13.9. The van der Waals surface area contributed by atoms with Crippen LogP contribution in [0.1, 0.15) is 5.56 Å². The predicted octanol–water partition coefficient (Wildman–Crippen LogP) is 4.58. The first-order valence-electron chi connectivity index (χ1n) is 5.44. The van der Waals surface area contributed by atoms with E-state index >= 15 is 0 Å². The Morgan fingerprint density at radius 1 is 0.765 bits per heavy atom. The highest BCUT2D eigenvalue weighted by molar-refractivity contribution is 6.08. The molecule has 3 rings (SSSR count). The second-order valence-electron chi connectivity index (χ2n) is 4.19. The summed E-state index contributed by atoms with van der Waals surface area (Å²) in [6.45, 7) is 1.90. The van der Waals surface area contributed by atoms with E-state index in [0.717, 1.165) is 16.3 Å². The van der Waals surface area contributed by atoms with Crippen LogP contribution in [0.15, 0.2) is 42.5 Å². The molecule has 3 aromatic rings. The Bertz CT molecular complexity index is 730. The predicted molar refractivity (Wildman–Crippen MR) is 66.1 cm³/mol. The molecule has 0 aliphatic heterocycles. The standard InChI is InChI=1S/C15H10F2/c1-9-5-8-13(17)15-11(9)7-6-10-3-2-4-12(16)14(10)15/h2-8H,1H3. The summed E-state index contributed by atoms with van der Waals surface area (Å²) in [6.07, 6.45) is 0. The molecule has 0 saturated heterocycles. The number of fused-ring (bicyclic) bond motifs is 3. The van der Waals surface area contributed by atoms with Crippen molar-refractivity contribution < 1.29 is 8.78 Å². The molecule has 0 aliphatic carbocycles. The van der Waals surface area contributed by atoms with Crippen LogP contribution < -0.4 is 0 Å². The zero-order valence-corrected chi connectivity index (χ0v) is 9.30. The molecular weight excluding hydrogens is 218 g/mol. The van der Waals surface area contributed by atoms with Crippen LogP contribution >= 0.6 is 0 Å². The van der Waals surface area contributed by atoms with Crippen LogP contribution in [0.2, 0.25) is 0 Å². The van der Waals surface area contributed by atoms with Crippen LogP contribution in [0.5, 0.6) is 0 Å². The zero-order chi connectivity index (χ0) is 12.0. The van der Waals surface area contributed by atoms with Gasteiger partial charge in [-0.05, 0) is 35.4 Å². The van der Waals surface area contributed by atoms with Crippen molar-refractivity contribution in [2.75, 3.05) is 0 Å². The van der Waals surface area contributed by atoms with Gasteiger partial charge in [-0.1, -0.05) is 30.3 Å². The number of hydrogen-bond acceptors (Lipinski definition) is 0. The number of hydrogen-bond donors (Lipinski definition) is 0. The first kappa shape index (κ1) is 10.2. The molecular formula is C15H10F2. The van der Waals surface area contributed by atoms with E-state index in [9.17, 15) is 8.78 Å². The average molecular weight is 228 g/mol. The highest BCUT2D eigenvalue weighted by Crippen LogP contribution is 2.31. The first-order valence-corrected chi connectivity index (χ1v) is 5.44. The van der Waals surface area contributed by atoms with Crippen LogP contribution in [0.4, 0.5) is 8.78 Å². The van der Waals surface area contributed by atoms with Crippen molar-refractivity contribution in [3.8, 4) is 0 Å². The van der Waals surface area contributed by atoms with Gasteiger partial charge in [0.05, 0.1) is 0 Å². The van der Waals surface area contributed by atoms with Crippen LogP contribution in [0.25, 0.3) is 21.5 Å². The lowest BCUT2D eigenvalue weighted by molar-refractivity contribution is 0.632. The van der Waals surface area contributed by atoms with Crippen molar-refractivity contribution in [2.45, 2.75) is 6.92 Å². The third-order valence-electron chi connectivity index (χ3n) is 3.14. The molecule has 2 heteroatoms. The molecule has 0 radical (unpaired) electrons. The molecule has 0 atom stereocenters. The molecule has 0 nitrogen and oxygen atoms in total. The summed E-state index contributed by atoms with van der Waals surface area (Å²) in [5, 5.41) is 2.23. The molecule has 0 fully saturated rings. The van der Waals surface area contributed by atoms with Crippen molar-refractivity contribution in [3.05, 3.63) is 59.7 Å². The van der Waals surface area contributed by atoms with Crippen molar-refractivity contribution >= 4 is 21.5 Å². The molecule has 3 aromatic carbocycles. The lowest BCUT2D eigenvalue weighted by Crippen LogP contribution is -1.88. The molecule has 0 N–H and O–H groups in total. The Hall–Kier alpha value is -1.96. The van der Waals surface area contributed by atoms with Crippen molar-refractivity contribution in [3.63, 3.8) is 0 Å². The number of halogens is 2. The molecule has 17 heavy (non-hydrogen) atoms. The van der Waals surface area contributed by atoms with Crippen molar-refractivity contribution in [2.24, 2.45) is 0 Å². The van der Waals surface area contributed by atoms with E-state index in [2.05, 4.69) is 0 Å². The number of aryl methyl sites for hydroxylation is 1. The summed E-state index contributed by atoms with van der Waals surface area (Å²) in [7, 11) is 0. The van der Waals surface area contributed by atoms with Gasteiger partial charge < -0.3 is 0 Å². The monoisotopic (exact) mass is 228 g/mol. The largest absolute Gasteiger partial charge is 0.206 e. The van der Waals surface area contributed by atoms with Gasteiger partial charge in [0.25, 0.3) is 0 Å². The highest BCUT2D eigenvalue weighted by Gasteiger charge is 2.10. The van der Waals surface area contributed by atoms with Crippen molar-refractivity contribution in [1.29, 1.82) is 0 Å². The molecule has 0 heterocycles. The lowest BCUT2D eigenvalue weighted by atomic mass is 9.98. The van der Waals surface area contributed by atoms with Gasteiger partial charge >= 0.3 is 0 Å². The van der Waals surface area contributed by atoms with Crippen LogP contribution in [-0.4, -0.2) is 0 Å². The van der Waals surface area contributed by atoms with E-state index in [1.165, 1.54) is 12.1 Å². The number of benzene rings is 3. The van der Waals surface area contributed by atoms with Gasteiger partial charge in [0.1, 0.15) is 11.6 Å². The van der Waals surface area contributed by atoms with Gasteiger partial charge in [0.15, 0.2) is 0 Å². The molecule has 0 amide bonds. The zero-order valence-electron chi connectivity index (χ0n) is 9.30. The molecule has 0 aromatic heterocycles. The van der Waals surface area contributed by atoms with E-state index in [1.807, 2.05) is 19.1 Å².